The maximum atomic E-state index is 13.7. The molecule has 1 fully saturated rings. The number of halogens is 2. The van der Waals surface area contributed by atoms with Crippen LogP contribution in [0.2, 0.25) is 0 Å². The van der Waals surface area contributed by atoms with Crippen LogP contribution in [0.25, 0.3) is 0 Å². The Hall–Kier alpha value is -1.43. The molecule has 0 radical (unpaired) electrons. The maximum Gasteiger partial charge on any atom is 0.275 e. The lowest BCUT2D eigenvalue weighted by molar-refractivity contribution is -0.0513. The molecule has 0 bridgehead atoms. The Morgan fingerprint density at radius 1 is 1.24 bits per heavy atom. The Kier molecular flexibility index (Phi) is 2.69. The molecule has 0 N–H and O–H groups in total. The normalized spacial score (nSPS) is 17.9. The summed E-state index contributed by atoms with van der Waals surface area (Å²) in [5.74, 6) is -3.53. The molecule has 1 aromatic rings. The summed E-state index contributed by atoms with van der Waals surface area (Å²) in [6.07, 6.45) is 1.67. The Labute approximate surface area is 100 Å². The minimum absolute atomic E-state index is 0.0324. The van der Waals surface area contributed by atoms with Crippen LogP contribution in [0.4, 0.5) is 8.78 Å². The summed E-state index contributed by atoms with van der Waals surface area (Å²) in [4.78, 5) is 0. The average Bonchev–Trinajstić information content (AvgIpc) is 3.10. The minimum Gasteiger partial charge on any atom is -0.201 e. The molecule has 3 heteroatoms. The number of hydrogen-bond acceptors (Lipinski definition) is 1. The topological polar surface area (TPSA) is 23.8 Å². The molecule has 0 aliphatic heterocycles. The van der Waals surface area contributed by atoms with E-state index in [4.69, 9.17) is 5.26 Å². The van der Waals surface area contributed by atoms with Gasteiger partial charge in [-0.15, -0.1) is 0 Å². The van der Waals surface area contributed by atoms with Crippen LogP contribution in [-0.4, -0.2) is 0 Å². The largest absolute Gasteiger partial charge is 0.275 e. The van der Waals surface area contributed by atoms with E-state index in [0.29, 0.717) is 0 Å². The second-order valence-corrected chi connectivity index (χ2v) is 5.05. The van der Waals surface area contributed by atoms with Gasteiger partial charge in [-0.1, -0.05) is 38.1 Å². The van der Waals surface area contributed by atoms with Gasteiger partial charge in [0, 0.05) is 11.5 Å². The molecule has 2 rings (SSSR count). The van der Waals surface area contributed by atoms with E-state index in [-0.39, 0.29) is 5.56 Å². The highest BCUT2D eigenvalue weighted by molar-refractivity contribution is 5.40. The first-order chi connectivity index (χ1) is 7.92. The van der Waals surface area contributed by atoms with Crippen LogP contribution in [0.3, 0.4) is 0 Å². The third-order valence-electron chi connectivity index (χ3n) is 3.51. The van der Waals surface area contributed by atoms with Gasteiger partial charge in [0.1, 0.15) is 0 Å². The smallest absolute Gasteiger partial charge is 0.201 e. The lowest BCUT2D eigenvalue weighted by Crippen LogP contribution is -2.21. The standard InChI is InChI=1S/C14H15F2N/c1-10(2)14(15,16)12-5-3-11(4-6-12)13(9-17)7-8-13/h3-6,10H,7-8H2,1-2H3. The maximum absolute atomic E-state index is 13.7. The molecule has 0 amide bonds. The van der Waals surface area contributed by atoms with Crippen LogP contribution in [0.1, 0.15) is 37.8 Å². The number of nitriles is 1. The Bertz CT molecular complexity index is 450. The summed E-state index contributed by atoms with van der Waals surface area (Å²) in [5.41, 5.74) is 0.499. The van der Waals surface area contributed by atoms with Crippen molar-refractivity contribution < 1.29 is 8.78 Å². The van der Waals surface area contributed by atoms with Gasteiger partial charge < -0.3 is 0 Å². The van der Waals surface area contributed by atoms with Gasteiger partial charge >= 0.3 is 0 Å². The van der Waals surface area contributed by atoms with E-state index in [0.717, 1.165) is 18.4 Å². The van der Waals surface area contributed by atoms with Crippen molar-refractivity contribution in [1.29, 1.82) is 5.26 Å². The third-order valence-corrected chi connectivity index (χ3v) is 3.51. The zero-order valence-corrected chi connectivity index (χ0v) is 10.0. The first kappa shape index (κ1) is 12.0. The summed E-state index contributed by atoms with van der Waals surface area (Å²) < 4.78 is 27.5. The number of nitrogens with zero attached hydrogens (tertiary/aromatic N) is 1. The van der Waals surface area contributed by atoms with Crippen LogP contribution >= 0.6 is 0 Å². The Morgan fingerprint density at radius 2 is 1.76 bits per heavy atom. The predicted octanol–water partition coefficient (Wildman–Crippen LogP) is 3.99. The first-order valence-corrected chi connectivity index (χ1v) is 5.82. The molecule has 1 aliphatic rings. The first-order valence-electron chi connectivity index (χ1n) is 5.82. The van der Waals surface area contributed by atoms with Crippen LogP contribution in [0, 0.1) is 17.2 Å². The highest BCUT2D eigenvalue weighted by Crippen LogP contribution is 2.48. The molecular formula is C14H15F2N. The van der Waals surface area contributed by atoms with Crippen molar-refractivity contribution in [2.45, 2.75) is 38.0 Å². The second-order valence-electron chi connectivity index (χ2n) is 5.05. The molecule has 1 nitrogen and oxygen atoms in total. The number of rotatable bonds is 3. The molecular weight excluding hydrogens is 220 g/mol. The van der Waals surface area contributed by atoms with Crippen molar-refractivity contribution in [3.8, 4) is 6.07 Å². The fourth-order valence-electron chi connectivity index (χ4n) is 1.93. The molecule has 0 saturated heterocycles. The van der Waals surface area contributed by atoms with Gasteiger partial charge in [0.05, 0.1) is 11.5 Å². The van der Waals surface area contributed by atoms with Crippen molar-refractivity contribution in [2.24, 2.45) is 5.92 Å². The molecule has 1 aromatic carbocycles. The lowest BCUT2D eigenvalue weighted by Gasteiger charge is -2.21. The SMILES string of the molecule is CC(C)C(F)(F)c1ccc(C2(C#N)CC2)cc1. The lowest BCUT2D eigenvalue weighted by atomic mass is 9.92. The molecule has 0 spiro atoms. The van der Waals surface area contributed by atoms with E-state index in [2.05, 4.69) is 6.07 Å². The fraction of sp³-hybridized carbons (Fsp3) is 0.500. The van der Waals surface area contributed by atoms with Crippen molar-refractivity contribution >= 4 is 0 Å². The van der Waals surface area contributed by atoms with Gasteiger partial charge in [-0.2, -0.15) is 5.26 Å². The number of hydrogen-bond donors (Lipinski definition) is 0. The number of alkyl halides is 2. The second kappa shape index (κ2) is 3.80. The molecule has 0 heterocycles. The summed E-state index contributed by atoms with van der Waals surface area (Å²) in [6.45, 7) is 3.01. The van der Waals surface area contributed by atoms with Gasteiger partial charge in [0.2, 0.25) is 0 Å². The average molecular weight is 235 g/mol. The summed E-state index contributed by atoms with van der Waals surface area (Å²) in [6, 6.07) is 8.50. The predicted molar refractivity (Wildman–Crippen MR) is 61.7 cm³/mol. The van der Waals surface area contributed by atoms with Crippen LogP contribution in [0.15, 0.2) is 24.3 Å². The molecule has 1 aliphatic carbocycles. The molecule has 0 aromatic heterocycles. The van der Waals surface area contributed by atoms with E-state index in [1.807, 2.05) is 0 Å². The molecule has 0 atom stereocenters. The zero-order chi connectivity index (χ0) is 12.7. The van der Waals surface area contributed by atoms with Gasteiger partial charge in [-0.25, -0.2) is 8.78 Å². The molecule has 17 heavy (non-hydrogen) atoms. The van der Waals surface area contributed by atoms with Crippen molar-refractivity contribution in [3.05, 3.63) is 35.4 Å². The van der Waals surface area contributed by atoms with E-state index < -0.39 is 17.3 Å². The van der Waals surface area contributed by atoms with E-state index >= 15 is 0 Å². The monoisotopic (exact) mass is 235 g/mol. The van der Waals surface area contributed by atoms with E-state index in [1.54, 1.807) is 12.1 Å². The molecule has 90 valence electrons. The quantitative estimate of drug-likeness (QED) is 0.777. The highest BCUT2D eigenvalue weighted by atomic mass is 19.3. The Balaban J connectivity index is 2.29. The molecule has 0 unspecified atom stereocenters. The fourth-order valence-corrected chi connectivity index (χ4v) is 1.93. The van der Waals surface area contributed by atoms with Crippen LogP contribution in [-0.2, 0) is 11.3 Å². The highest BCUT2D eigenvalue weighted by Gasteiger charge is 2.45. The van der Waals surface area contributed by atoms with Crippen molar-refractivity contribution in [1.82, 2.24) is 0 Å². The van der Waals surface area contributed by atoms with Crippen LogP contribution < -0.4 is 0 Å². The summed E-state index contributed by atoms with van der Waals surface area (Å²) >= 11 is 0. The van der Waals surface area contributed by atoms with Crippen molar-refractivity contribution in [2.75, 3.05) is 0 Å². The minimum atomic E-state index is -2.80. The van der Waals surface area contributed by atoms with Crippen LogP contribution in [0.5, 0.6) is 0 Å². The Morgan fingerprint density at radius 3 is 2.12 bits per heavy atom. The van der Waals surface area contributed by atoms with Gasteiger partial charge in [-0.05, 0) is 18.4 Å². The third kappa shape index (κ3) is 1.93. The van der Waals surface area contributed by atoms with Gasteiger partial charge in [0.25, 0.3) is 5.92 Å². The summed E-state index contributed by atoms with van der Waals surface area (Å²) in [7, 11) is 0. The van der Waals surface area contributed by atoms with E-state index in [9.17, 15) is 8.78 Å². The van der Waals surface area contributed by atoms with Crippen molar-refractivity contribution in [3.63, 3.8) is 0 Å². The zero-order valence-electron chi connectivity index (χ0n) is 10.0. The summed E-state index contributed by atoms with van der Waals surface area (Å²) in [5, 5.41) is 9.03. The van der Waals surface area contributed by atoms with Gasteiger partial charge in [-0.3, -0.25) is 0 Å². The van der Waals surface area contributed by atoms with E-state index in [1.165, 1.54) is 26.0 Å². The number of benzene rings is 1. The van der Waals surface area contributed by atoms with Gasteiger partial charge in [0.15, 0.2) is 0 Å². The molecule has 1 saturated carbocycles.